The fourth-order valence-corrected chi connectivity index (χ4v) is 9.16. The highest BCUT2D eigenvalue weighted by Gasteiger charge is 2.28. The molecule has 26 heteroatoms. The summed E-state index contributed by atoms with van der Waals surface area (Å²) >= 11 is 5.65. The summed E-state index contributed by atoms with van der Waals surface area (Å²) in [4.78, 5) is 65.4. The maximum atomic E-state index is 12.3. The van der Waals surface area contributed by atoms with Crippen LogP contribution < -0.4 is 25.8 Å². The number of benzene rings is 2. The molecule has 2 saturated heterocycles. The second-order valence-electron chi connectivity index (χ2n) is 22.0. The molecule has 0 unspecified atom stereocenters. The van der Waals surface area contributed by atoms with Crippen LogP contribution in [0, 0.1) is 32.1 Å². The summed E-state index contributed by atoms with van der Waals surface area (Å²) < 4.78 is 25.5. The van der Waals surface area contributed by atoms with E-state index in [4.69, 9.17) is 36.3 Å². The number of nitrogens with two attached hydrogens (primary N) is 1. The first kappa shape index (κ1) is 63.8. The van der Waals surface area contributed by atoms with Crippen LogP contribution in [-0.4, -0.2) is 122 Å². The van der Waals surface area contributed by atoms with Gasteiger partial charge in [0.15, 0.2) is 0 Å². The number of carbonyl (C=O) groups excluding carboxylic acids is 2. The van der Waals surface area contributed by atoms with Crippen LogP contribution in [0.5, 0.6) is 11.5 Å². The number of carbonyl (C=O) groups is 2. The van der Waals surface area contributed by atoms with Crippen molar-refractivity contribution in [3.8, 4) is 11.5 Å². The third-order valence-corrected chi connectivity index (χ3v) is 13.2. The predicted octanol–water partition coefficient (Wildman–Crippen LogP) is 11.8. The van der Waals surface area contributed by atoms with Crippen molar-refractivity contribution >= 4 is 63.9 Å². The van der Waals surface area contributed by atoms with Gasteiger partial charge in [0.25, 0.3) is 0 Å². The third kappa shape index (κ3) is 21.8. The van der Waals surface area contributed by atoms with E-state index in [-0.39, 0.29) is 40.5 Å². The number of aryl methyl sites for hydroxylation is 2. The number of amides is 2. The zero-order valence-electron chi connectivity index (χ0n) is 48.7. The molecule has 448 valence electrons. The molecule has 25 nitrogen and oxygen atoms in total. The molecule has 2 aliphatic heterocycles. The fraction of sp³-hybridized carbons (Fsp3) is 0.509. The van der Waals surface area contributed by atoms with Gasteiger partial charge in [0.2, 0.25) is 16.9 Å². The quantitative estimate of drug-likeness (QED) is 0.0363. The van der Waals surface area contributed by atoms with E-state index in [1.165, 1.54) is 12.6 Å². The van der Waals surface area contributed by atoms with Crippen molar-refractivity contribution in [1.29, 1.82) is 0 Å². The van der Waals surface area contributed by atoms with Gasteiger partial charge in [-0.3, -0.25) is 29.6 Å². The van der Waals surface area contributed by atoms with Gasteiger partial charge in [-0.2, -0.15) is 15.2 Å². The summed E-state index contributed by atoms with van der Waals surface area (Å²) in [7, 11) is 0. The van der Waals surface area contributed by atoms with E-state index >= 15 is 0 Å². The lowest BCUT2D eigenvalue weighted by Crippen LogP contribution is -2.41. The fourth-order valence-electron chi connectivity index (χ4n) is 9.03. The Morgan fingerprint density at radius 2 is 1.08 bits per heavy atom. The SMILES string of the molecule is CC(C)(C)OC(=O)N1CCC(CCCn2cc(N)cn2)CC1.CCOc1ccc(Nc2nc(Cc3cnn(CCCC4CCN(C(=O)OC(C)(C)C)CC4)c3)ncc2[N+](=O)[O-])cc1.CCOc1ccc(Nc2nc(Cl)ncc2[N+](=O)[O-])cc1. The number of nitro groups is 2. The van der Waals surface area contributed by atoms with E-state index in [1.54, 1.807) is 65.8 Å². The van der Waals surface area contributed by atoms with Crippen molar-refractivity contribution in [3.05, 3.63) is 123 Å². The monoisotopic (exact) mass is 1170 g/mol. The lowest BCUT2D eigenvalue weighted by atomic mass is 9.92. The Hall–Kier alpha value is -8.35. The number of ether oxygens (including phenoxy) is 4. The highest BCUT2D eigenvalue weighted by atomic mass is 35.5. The van der Waals surface area contributed by atoms with Crippen molar-refractivity contribution in [2.75, 3.05) is 55.8 Å². The van der Waals surface area contributed by atoms with Gasteiger partial charge in [0.05, 0.1) is 41.1 Å². The largest absolute Gasteiger partial charge is 0.494 e. The number of halogens is 1. The highest BCUT2D eigenvalue weighted by molar-refractivity contribution is 6.28. The number of nitrogens with zero attached hydrogens (tertiary/aromatic N) is 12. The third-order valence-electron chi connectivity index (χ3n) is 13.0. The number of rotatable bonds is 20. The Balaban J connectivity index is 0.000000221. The average molecular weight is 1170 g/mol. The van der Waals surface area contributed by atoms with Crippen LogP contribution in [0.2, 0.25) is 5.28 Å². The molecule has 0 spiro atoms. The van der Waals surface area contributed by atoms with Crippen molar-refractivity contribution in [2.24, 2.45) is 11.8 Å². The van der Waals surface area contributed by atoms with E-state index in [0.717, 1.165) is 102 Å². The number of nitrogen functional groups attached to an aromatic ring is 1. The minimum atomic E-state index is -0.576. The molecule has 6 heterocycles. The van der Waals surface area contributed by atoms with E-state index in [9.17, 15) is 29.8 Å². The predicted molar refractivity (Wildman–Crippen MR) is 315 cm³/mol. The number of likely N-dealkylation sites (tertiary alicyclic amines) is 2. The number of piperidine rings is 2. The highest BCUT2D eigenvalue weighted by Crippen LogP contribution is 2.30. The number of hydrogen-bond donors (Lipinski definition) is 3. The van der Waals surface area contributed by atoms with Gasteiger partial charge in [-0.1, -0.05) is 0 Å². The lowest BCUT2D eigenvalue weighted by molar-refractivity contribution is -0.384. The smallest absolute Gasteiger partial charge is 0.410 e. The van der Waals surface area contributed by atoms with Crippen LogP contribution in [0.4, 0.5) is 49.7 Å². The molecule has 0 atom stereocenters. The van der Waals surface area contributed by atoms with Gasteiger partial charge in [0, 0.05) is 69.5 Å². The zero-order chi connectivity index (χ0) is 60.1. The maximum Gasteiger partial charge on any atom is 0.410 e. The molecular formula is C57H78ClN15O10. The molecule has 2 aliphatic rings. The van der Waals surface area contributed by atoms with Gasteiger partial charge in [-0.05, 0) is 184 Å². The molecule has 0 saturated carbocycles. The molecular weight excluding hydrogens is 1090 g/mol. The summed E-state index contributed by atoms with van der Waals surface area (Å²) in [5.41, 5.74) is 7.24. The second-order valence-corrected chi connectivity index (χ2v) is 22.3. The Kier molecular flexibility index (Phi) is 23.6. The van der Waals surface area contributed by atoms with Crippen LogP contribution >= 0.6 is 11.6 Å². The zero-order valence-corrected chi connectivity index (χ0v) is 49.4. The Labute approximate surface area is 488 Å². The molecule has 4 N–H and O–H groups in total. The number of nitrogens with one attached hydrogen (secondary N) is 2. The van der Waals surface area contributed by atoms with Crippen LogP contribution in [0.15, 0.2) is 85.7 Å². The van der Waals surface area contributed by atoms with Crippen LogP contribution in [0.25, 0.3) is 0 Å². The first-order valence-electron chi connectivity index (χ1n) is 27.9. The summed E-state index contributed by atoms with van der Waals surface area (Å²) in [5.74, 6) is 3.34. The first-order valence-corrected chi connectivity index (χ1v) is 28.3. The average Bonchev–Trinajstić information content (AvgIpc) is 4.09. The summed E-state index contributed by atoms with van der Waals surface area (Å²) in [6.07, 6.45) is 18.0. The summed E-state index contributed by atoms with van der Waals surface area (Å²) in [6, 6.07) is 14.1. The molecule has 6 aromatic rings. The molecule has 2 aromatic carbocycles. The molecule has 83 heavy (non-hydrogen) atoms. The first-order chi connectivity index (χ1) is 39.5. The van der Waals surface area contributed by atoms with E-state index in [1.807, 2.05) is 82.0 Å². The summed E-state index contributed by atoms with van der Waals surface area (Å²) in [5, 5.41) is 36.9. The van der Waals surface area contributed by atoms with E-state index < -0.39 is 21.0 Å². The van der Waals surface area contributed by atoms with Crippen LogP contribution in [-0.2, 0) is 29.0 Å². The minimum absolute atomic E-state index is 0.0409. The Morgan fingerprint density at radius 3 is 1.51 bits per heavy atom. The van der Waals surface area contributed by atoms with Gasteiger partial charge in [0.1, 0.15) is 40.9 Å². The van der Waals surface area contributed by atoms with Crippen molar-refractivity contribution < 1.29 is 38.4 Å². The molecule has 8 rings (SSSR count). The second kappa shape index (κ2) is 30.6. The van der Waals surface area contributed by atoms with Crippen molar-refractivity contribution in [3.63, 3.8) is 0 Å². The maximum absolute atomic E-state index is 12.3. The lowest BCUT2D eigenvalue weighted by Gasteiger charge is -2.33. The van der Waals surface area contributed by atoms with Gasteiger partial charge in [-0.15, -0.1) is 0 Å². The van der Waals surface area contributed by atoms with E-state index in [2.05, 4.69) is 40.8 Å². The minimum Gasteiger partial charge on any atom is -0.494 e. The van der Waals surface area contributed by atoms with Crippen molar-refractivity contribution in [2.45, 2.75) is 137 Å². The molecule has 0 bridgehead atoms. The van der Waals surface area contributed by atoms with Gasteiger partial charge < -0.3 is 45.1 Å². The van der Waals surface area contributed by atoms with Crippen molar-refractivity contribution in [1.82, 2.24) is 49.3 Å². The Bertz CT molecular complexity index is 3020. The number of hydrogen-bond acceptors (Lipinski definition) is 19. The topological polar surface area (TPSA) is 301 Å². The number of anilines is 5. The molecule has 0 aliphatic carbocycles. The summed E-state index contributed by atoms with van der Waals surface area (Å²) in [6.45, 7) is 21.0. The van der Waals surface area contributed by atoms with Crippen LogP contribution in [0.3, 0.4) is 0 Å². The molecule has 2 fully saturated rings. The Morgan fingerprint density at radius 1 is 0.651 bits per heavy atom. The van der Waals surface area contributed by atoms with Gasteiger partial charge >= 0.3 is 23.6 Å². The van der Waals surface area contributed by atoms with Crippen LogP contribution in [0.1, 0.15) is 118 Å². The van der Waals surface area contributed by atoms with Gasteiger partial charge in [-0.25, -0.2) is 24.5 Å². The van der Waals surface area contributed by atoms with E-state index in [0.29, 0.717) is 60.1 Å². The number of aromatic nitrogens is 8. The molecule has 0 radical (unpaired) electrons. The standard InChI is InChI=1S/C29H39N7O5.C16H28N4O2.C12H11ClN4O3/c1-5-40-24-10-8-23(9-11-24)32-27-25(36(38)39)19-30-26(33-27)17-22-18-31-35(20-22)14-6-7-21-12-15-34(16-13-21)28(37)41-29(2,3)4;1-16(2,3)22-15(21)19-9-6-13(7-10-19)5-4-8-20-12-14(17)11-18-20;1-2-20-9-5-3-8(4-6-9)15-11-10(17(18)19)7-14-12(13)16-11/h8-11,18-21H,5-7,12-17H2,1-4H3,(H,30,32,33);11-13H,4-10,17H2,1-3H3;3-7H,2H2,1H3,(H,14,15,16). The molecule has 2 amide bonds. The molecule has 4 aromatic heterocycles. The normalized spacial score (nSPS) is 13.8.